The summed E-state index contributed by atoms with van der Waals surface area (Å²) in [6, 6.07) is 12.2. The Morgan fingerprint density at radius 3 is 2.68 bits per heavy atom. The largest absolute Gasteiger partial charge is 0.311 e. The van der Waals surface area contributed by atoms with Crippen LogP contribution in [0.3, 0.4) is 0 Å². The molecule has 1 saturated heterocycles. The quantitative estimate of drug-likeness (QED) is 0.893. The van der Waals surface area contributed by atoms with Gasteiger partial charge in [-0.1, -0.05) is 36.8 Å². The SMILES string of the molecule is CC1CNC(Cc2ccccc2)CN1CC1CCC1. The maximum atomic E-state index is 3.71. The minimum atomic E-state index is 0.624. The third-order valence-electron chi connectivity index (χ3n) is 4.82. The summed E-state index contributed by atoms with van der Waals surface area (Å²) in [7, 11) is 0. The number of hydrogen-bond acceptors (Lipinski definition) is 2. The summed E-state index contributed by atoms with van der Waals surface area (Å²) >= 11 is 0. The highest BCUT2D eigenvalue weighted by Gasteiger charge is 2.28. The van der Waals surface area contributed by atoms with E-state index in [1.807, 2.05) is 0 Å². The molecule has 1 saturated carbocycles. The van der Waals surface area contributed by atoms with Crippen LogP contribution in [0.1, 0.15) is 31.7 Å². The van der Waals surface area contributed by atoms with Gasteiger partial charge < -0.3 is 5.32 Å². The molecule has 2 heteroatoms. The zero-order valence-corrected chi connectivity index (χ0v) is 12.0. The second-order valence-corrected chi connectivity index (χ2v) is 6.39. The minimum Gasteiger partial charge on any atom is -0.311 e. The fourth-order valence-corrected chi connectivity index (χ4v) is 3.29. The summed E-state index contributed by atoms with van der Waals surface area (Å²) in [5.74, 6) is 0.984. The van der Waals surface area contributed by atoms with E-state index in [-0.39, 0.29) is 0 Å². The van der Waals surface area contributed by atoms with Gasteiger partial charge in [-0.15, -0.1) is 0 Å². The van der Waals surface area contributed by atoms with Gasteiger partial charge in [0.05, 0.1) is 0 Å². The van der Waals surface area contributed by atoms with E-state index in [2.05, 4.69) is 47.5 Å². The molecule has 1 N–H and O–H groups in total. The Morgan fingerprint density at radius 2 is 2.00 bits per heavy atom. The van der Waals surface area contributed by atoms with Crippen LogP contribution in [-0.4, -0.2) is 36.6 Å². The first-order chi connectivity index (χ1) is 9.31. The summed E-state index contributed by atoms with van der Waals surface area (Å²) < 4.78 is 0. The maximum absolute atomic E-state index is 3.71. The van der Waals surface area contributed by atoms with E-state index in [1.165, 1.54) is 37.9 Å². The lowest BCUT2D eigenvalue weighted by Gasteiger charge is -2.42. The number of hydrogen-bond donors (Lipinski definition) is 1. The van der Waals surface area contributed by atoms with E-state index < -0.39 is 0 Å². The molecule has 0 spiro atoms. The summed E-state index contributed by atoms with van der Waals surface area (Å²) in [5.41, 5.74) is 1.46. The molecule has 1 aromatic rings. The Bertz CT molecular complexity index is 386. The lowest BCUT2D eigenvalue weighted by Crippen LogP contribution is -2.57. The minimum absolute atomic E-state index is 0.624. The fraction of sp³-hybridized carbons (Fsp3) is 0.647. The topological polar surface area (TPSA) is 15.3 Å². The van der Waals surface area contributed by atoms with Crippen molar-refractivity contribution < 1.29 is 0 Å². The molecular weight excluding hydrogens is 232 g/mol. The first-order valence-corrected chi connectivity index (χ1v) is 7.82. The van der Waals surface area contributed by atoms with E-state index in [1.54, 1.807) is 0 Å². The second-order valence-electron chi connectivity index (χ2n) is 6.39. The van der Waals surface area contributed by atoms with Crippen molar-refractivity contribution >= 4 is 0 Å². The lowest BCUT2D eigenvalue weighted by atomic mass is 9.84. The van der Waals surface area contributed by atoms with Gasteiger partial charge in [0.1, 0.15) is 0 Å². The van der Waals surface area contributed by atoms with Gasteiger partial charge in [0.15, 0.2) is 0 Å². The highest BCUT2D eigenvalue weighted by Crippen LogP contribution is 2.28. The van der Waals surface area contributed by atoms with Gasteiger partial charge in [0.25, 0.3) is 0 Å². The van der Waals surface area contributed by atoms with Gasteiger partial charge in [0.2, 0.25) is 0 Å². The van der Waals surface area contributed by atoms with Crippen LogP contribution in [0, 0.1) is 5.92 Å². The third-order valence-corrected chi connectivity index (χ3v) is 4.82. The van der Waals surface area contributed by atoms with Crippen LogP contribution in [-0.2, 0) is 6.42 Å². The molecule has 0 radical (unpaired) electrons. The Kier molecular flexibility index (Phi) is 4.19. The van der Waals surface area contributed by atoms with Crippen molar-refractivity contribution in [2.24, 2.45) is 5.92 Å². The van der Waals surface area contributed by atoms with Crippen molar-refractivity contribution in [1.29, 1.82) is 0 Å². The van der Waals surface area contributed by atoms with E-state index >= 15 is 0 Å². The van der Waals surface area contributed by atoms with Gasteiger partial charge >= 0.3 is 0 Å². The summed E-state index contributed by atoms with van der Waals surface area (Å²) in [5, 5.41) is 3.71. The molecule has 2 unspecified atom stereocenters. The predicted molar refractivity (Wildman–Crippen MR) is 80.3 cm³/mol. The average molecular weight is 258 g/mol. The smallest absolute Gasteiger partial charge is 0.0236 e. The van der Waals surface area contributed by atoms with Gasteiger partial charge in [0, 0.05) is 31.7 Å². The summed E-state index contributed by atoms with van der Waals surface area (Å²) in [4.78, 5) is 2.72. The van der Waals surface area contributed by atoms with Crippen LogP contribution in [0.5, 0.6) is 0 Å². The van der Waals surface area contributed by atoms with E-state index in [0.717, 1.165) is 18.9 Å². The monoisotopic (exact) mass is 258 g/mol. The number of nitrogens with zero attached hydrogens (tertiary/aromatic N) is 1. The van der Waals surface area contributed by atoms with Crippen LogP contribution in [0.4, 0.5) is 0 Å². The van der Waals surface area contributed by atoms with Crippen molar-refractivity contribution in [2.45, 2.75) is 44.7 Å². The zero-order chi connectivity index (χ0) is 13.1. The first kappa shape index (κ1) is 13.1. The molecule has 0 bridgehead atoms. The van der Waals surface area contributed by atoms with Gasteiger partial charge in [-0.05, 0) is 37.7 Å². The van der Waals surface area contributed by atoms with Crippen LogP contribution in [0.2, 0.25) is 0 Å². The Balaban J connectivity index is 1.55. The summed E-state index contributed by atoms with van der Waals surface area (Å²) in [6.45, 7) is 6.05. The number of benzene rings is 1. The van der Waals surface area contributed by atoms with E-state index in [0.29, 0.717) is 12.1 Å². The molecule has 104 valence electrons. The molecule has 2 aliphatic rings. The number of rotatable bonds is 4. The molecule has 1 heterocycles. The number of nitrogens with one attached hydrogen (secondary N) is 1. The lowest BCUT2D eigenvalue weighted by molar-refractivity contribution is 0.0970. The van der Waals surface area contributed by atoms with Gasteiger partial charge in [-0.3, -0.25) is 4.90 Å². The molecule has 0 aromatic heterocycles. The molecule has 3 rings (SSSR count). The van der Waals surface area contributed by atoms with Gasteiger partial charge in [-0.25, -0.2) is 0 Å². The van der Waals surface area contributed by atoms with Gasteiger partial charge in [-0.2, -0.15) is 0 Å². The normalized spacial score (nSPS) is 29.1. The fourth-order valence-electron chi connectivity index (χ4n) is 3.29. The second kappa shape index (κ2) is 6.06. The first-order valence-electron chi connectivity index (χ1n) is 7.82. The van der Waals surface area contributed by atoms with Crippen molar-refractivity contribution in [3.63, 3.8) is 0 Å². The molecule has 1 aliphatic carbocycles. The molecule has 1 aromatic carbocycles. The Morgan fingerprint density at radius 1 is 1.21 bits per heavy atom. The van der Waals surface area contributed by atoms with Crippen molar-refractivity contribution in [3.05, 3.63) is 35.9 Å². The number of piperazine rings is 1. The standard InChI is InChI=1S/C17H26N2/c1-14-11-18-17(10-15-6-3-2-4-7-15)13-19(14)12-16-8-5-9-16/h2-4,6-7,14,16-18H,5,8-13H2,1H3. The van der Waals surface area contributed by atoms with Crippen LogP contribution in [0.15, 0.2) is 30.3 Å². The highest BCUT2D eigenvalue weighted by molar-refractivity contribution is 5.16. The third kappa shape index (κ3) is 3.37. The molecule has 2 atom stereocenters. The van der Waals surface area contributed by atoms with Crippen molar-refractivity contribution in [1.82, 2.24) is 10.2 Å². The molecule has 2 nitrogen and oxygen atoms in total. The Hall–Kier alpha value is -0.860. The van der Waals surface area contributed by atoms with Crippen LogP contribution in [0.25, 0.3) is 0 Å². The molecule has 1 aliphatic heterocycles. The molecule has 19 heavy (non-hydrogen) atoms. The molecule has 0 amide bonds. The van der Waals surface area contributed by atoms with Crippen molar-refractivity contribution in [2.75, 3.05) is 19.6 Å². The highest BCUT2D eigenvalue weighted by atomic mass is 15.2. The van der Waals surface area contributed by atoms with E-state index in [4.69, 9.17) is 0 Å². The Labute approximate surface area is 117 Å². The van der Waals surface area contributed by atoms with Crippen molar-refractivity contribution in [3.8, 4) is 0 Å². The molecular formula is C17H26N2. The zero-order valence-electron chi connectivity index (χ0n) is 12.0. The average Bonchev–Trinajstić information content (AvgIpc) is 2.38. The van der Waals surface area contributed by atoms with E-state index in [9.17, 15) is 0 Å². The predicted octanol–water partition coefficient (Wildman–Crippen LogP) is 2.69. The molecule has 2 fully saturated rings. The van der Waals surface area contributed by atoms with Crippen LogP contribution < -0.4 is 5.32 Å². The van der Waals surface area contributed by atoms with Crippen LogP contribution >= 0.6 is 0 Å². The maximum Gasteiger partial charge on any atom is 0.0236 e. The summed E-state index contributed by atoms with van der Waals surface area (Å²) in [6.07, 6.45) is 5.54.